The number of aromatic nitrogens is 2. The fourth-order valence-electron chi connectivity index (χ4n) is 2.49. The fraction of sp³-hybridized carbons (Fsp3) is 0.412. The zero-order valence-corrected chi connectivity index (χ0v) is 15.1. The minimum atomic E-state index is -0.302. The van der Waals surface area contributed by atoms with Gasteiger partial charge in [-0.05, 0) is 32.8 Å². The number of benzene rings is 1. The SMILES string of the molecule is CSc1ncc(CNC(=O)[C@H](c2ccc(C)cc2)N(C)C)n1C. The van der Waals surface area contributed by atoms with Crippen molar-refractivity contribution in [2.24, 2.45) is 7.05 Å². The second kappa shape index (κ2) is 7.66. The number of rotatable bonds is 6. The van der Waals surface area contributed by atoms with Gasteiger partial charge in [0.05, 0.1) is 18.4 Å². The molecule has 23 heavy (non-hydrogen) atoms. The first kappa shape index (κ1) is 17.6. The molecule has 0 aliphatic rings. The van der Waals surface area contributed by atoms with E-state index in [1.807, 2.05) is 74.3 Å². The predicted molar refractivity (Wildman–Crippen MR) is 94.4 cm³/mol. The summed E-state index contributed by atoms with van der Waals surface area (Å²) < 4.78 is 2.00. The lowest BCUT2D eigenvalue weighted by atomic mass is 10.0. The van der Waals surface area contributed by atoms with E-state index in [2.05, 4.69) is 10.3 Å². The van der Waals surface area contributed by atoms with Crippen LogP contribution in [-0.2, 0) is 18.4 Å². The molecule has 0 radical (unpaired) electrons. The summed E-state index contributed by atoms with van der Waals surface area (Å²) in [5.74, 6) is -0.00856. The van der Waals surface area contributed by atoms with Crippen LogP contribution in [0.15, 0.2) is 35.6 Å². The first-order valence-electron chi connectivity index (χ1n) is 7.49. The Labute approximate surface area is 142 Å². The number of nitrogens with one attached hydrogen (secondary N) is 1. The maximum atomic E-state index is 12.6. The number of thioether (sulfide) groups is 1. The first-order valence-corrected chi connectivity index (χ1v) is 8.71. The summed E-state index contributed by atoms with van der Waals surface area (Å²) in [6.45, 7) is 2.51. The molecule has 0 saturated carbocycles. The van der Waals surface area contributed by atoms with Gasteiger partial charge < -0.3 is 9.88 Å². The number of likely N-dealkylation sites (N-methyl/N-ethyl adjacent to an activating group) is 1. The summed E-state index contributed by atoms with van der Waals surface area (Å²) in [6.07, 6.45) is 3.80. The monoisotopic (exact) mass is 332 g/mol. The van der Waals surface area contributed by atoms with E-state index in [0.717, 1.165) is 16.4 Å². The van der Waals surface area contributed by atoms with Crippen molar-refractivity contribution < 1.29 is 4.79 Å². The first-order chi connectivity index (χ1) is 10.9. The largest absolute Gasteiger partial charge is 0.349 e. The summed E-state index contributed by atoms with van der Waals surface area (Å²) >= 11 is 1.59. The third kappa shape index (κ3) is 4.14. The van der Waals surface area contributed by atoms with Gasteiger partial charge in [0.2, 0.25) is 5.91 Å². The standard InChI is InChI=1S/C17H24N4OS/c1-12-6-8-13(9-7-12)15(20(2)3)16(22)18-10-14-11-19-17(23-5)21(14)4/h6-9,11,15H,10H2,1-5H3,(H,18,22)/t15-/m0/s1. The smallest absolute Gasteiger partial charge is 0.242 e. The molecule has 5 nitrogen and oxygen atoms in total. The minimum Gasteiger partial charge on any atom is -0.349 e. The number of hydrogen-bond donors (Lipinski definition) is 1. The average molecular weight is 332 g/mol. The summed E-state index contributed by atoms with van der Waals surface area (Å²) in [4.78, 5) is 18.9. The Hall–Kier alpha value is -1.79. The Morgan fingerprint density at radius 2 is 2.00 bits per heavy atom. The van der Waals surface area contributed by atoms with Crippen molar-refractivity contribution in [3.63, 3.8) is 0 Å². The number of imidazole rings is 1. The van der Waals surface area contributed by atoms with Crippen LogP contribution in [-0.4, -0.2) is 40.7 Å². The van der Waals surface area contributed by atoms with Crippen molar-refractivity contribution >= 4 is 17.7 Å². The van der Waals surface area contributed by atoms with E-state index in [0.29, 0.717) is 6.54 Å². The van der Waals surface area contributed by atoms with E-state index in [4.69, 9.17) is 0 Å². The van der Waals surface area contributed by atoms with Crippen molar-refractivity contribution in [2.45, 2.75) is 24.7 Å². The van der Waals surface area contributed by atoms with Crippen LogP contribution in [0.2, 0.25) is 0 Å². The highest BCUT2D eigenvalue weighted by molar-refractivity contribution is 7.98. The molecule has 0 spiro atoms. The highest BCUT2D eigenvalue weighted by Crippen LogP contribution is 2.19. The van der Waals surface area contributed by atoms with Gasteiger partial charge in [-0.3, -0.25) is 9.69 Å². The Morgan fingerprint density at radius 1 is 1.35 bits per heavy atom. The number of carbonyl (C=O) groups is 1. The van der Waals surface area contributed by atoms with Crippen molar-refractivity contribution in [2.75, 3.05) is 20.4 Å². The second-order valence-electron chi connectivity index (χ2n) is 5.79. The molecule has 0 bridgehead atoms. The molecule has 2 aromatic rings. The molecular formula is C17H24N4OS. The molecule has 2 rings (SSSR count). The Bertz CT molecular complexity index is 664. The molecule has 6 heteroatoms. The Balaban J connectivity index is 2.09. The van der Waals surface area contributed by atoms with Gasteiger partial charge in [-0.25, -0.2) is 4.98 Å². The maximum absolute atomic E-state index is 12.6. The molecule has 1 aromatic carbocycles. The van der Waals surface area contributed by atoms with Crippen LogP contribution in [0.1, 0.15) is 22.9 Å². The molecule has 1 N–H and O–H groups in total. The second-order valence-corrected chi connectivity index (χ2v) is 6.56. The molecule has 124 valence electrons. The molecule has 1 heterocycles. The van der Waals surface area contributed by atoms with Crippen LogP contribution in [0.4, 0.5) is 0 Å². The van der Waals surface area contributed by atoms with Gasteiger partial charge in [-0.15, -0.1) is 0 Å². The fourth-order valence-corrected chi connectivity index (χ4v) is 3.04. The van der Waals surface area contributed by atoms with E-state index in [1.165, 1.54) is 5.56 Å². The van der Waals surface area contributed by atoms with Crippen LogP contribution in [0.3, 0.4) is 0 Å². The number of amides is 1. The molecule has 1 atom stereocenters. The zero-order valence-electron chi connectivity index (χ0n) is 14.3. The number of aryl methyl sites for hydroxylation is 1. The third-order valence-corrected chi connectivity index (χ3v) is 4.57. The highest BCUT2D eigenvalue weighted by Gasteiger charge is 2.22. The van der Waals surface area contributed by atoms with Crippen molar-refractivity contribution in [3.8, 4) is 0 Å². The lowest BCUT2D eigenvalue weighted by Crippen LogP contribution is -2.37. The molecule has 0 aliphatic heterocycles. The maximum Gasteiger partial charge on any atom is 0.242 e. The van der Waals surface area contributed by atoms with Crippen LogP contribution in [0.25, 0.3) is 0 Å². The van der Waals surface area contributed by atoms with Gasteiger partial charge in [0.1, 0.15) is 6.04 Å². The van der Waals surface area contributed by atoms with Crippen LogP contribution in [0.5, 0.6) is 0 Å². The molecule has 0 fully saturated rings. The molecule has 0 unspecified atom stereocenters. The predicted octanol–water partition coefficient (Wildman–Crippen LogP) is 2.37. The van der Waals surface area contributed by atoms with Crippen molar-refractivity contribution in [1.82, 2.24) is 19.8 Å². The van der Waals surface area contributed by atoms with Gasteiger partial charge in [-0.2, -0.15) is 0 Å². The van der Waals surface area contributed by atoms with Crippen molar-refractivity contribution in [1.29, 1.82) is 0 Å². The molecule has 1 amide bonds. The normalized spacial score (nSPS) is 12.4. The topological polar surface area (TPSA) is 50.2 Å². The molecule has 1 aromatic heterocycles. The Morgan fingerprint density at radius 3 is 2.52 bits per heavy atom. The average Bonchev–Trinajstić information content (AvgIpc) is 2.87. The Kier molecular flexibility index (Phi) is 5.85. The summed E-state index contributed by atoms with van der Waals surface area (Å²) in [7, 11) is 5.80. The zero-order chi connectivity index (χ0) is 17.0. The van der Waals surface area contributed by atoms with E-state index < -0.39 is 0 Å². The van der Waals surface area contributed by atoms with Crippen molar-refractivity contribution in [3.05, 3.63) is 47.3 Å². The summed E-state index contributed by atoms with van der Waals surface area (Å²) in [5, 5.41) is 3.96. The number of hydrogen-bond acceptors (Lipinski definition) is 4. The molecule has 0 aliphatic carbocycles. The summed E-state index contributed by atoms with van der Waals surface area (Å²) in [5.41, 5.74) is 3.17. The summed E-state index contributed by atoms with van der Waals surface area (Å²) in [6, 6.07) is 7.78. The van der Waals surface area contributed by atoms with Gasteiger partial charge in [0.15, 0.2) is 5.16 Å². The lowest BCUT2D eigenvalue weighted by molar-refractivity contribution is -0.126. The van der Waals surface area contributed by atoms with E-state index in [1.54, 1.807) is 11.8 Å². The number of nitrogens with zero attached hydrogens (tertiary/aromatic N) is 3. The molecular weight excluding hydrogens is 308 g/mol. The van der Waals surface area contributed by atoms with Gasteiger partial charge >= 0.3 is 0 Å². The van der Waals surface area contributed by atoms with E-state index >= 15 is 0 Å². The molecule has 0 saturated heterocycles. The number of carbonyl (C=O) groups excluding carboxylic acids is 1. The van der Waals surface area contributed by atoms with Gasteiger partial charge in [-0.1, -0.05) is 41.6 Å². The third-order valence-electron chi connectivity index (χ3n) is 3.83. The van der Waals surface area contributed by atoms with E-state index in [-0.39, 0.29) is 11.9 Å². The van der Waals surface area contributed by atoms with Crippen LogP contribution >= 0.6 is 11.8 Å². The quantitative estimate of drug-likeness (QED) is 0.825. The van der Waals surface area contributed by atoms with Gasteiger partial charge in [0, 0.05) is 7.05 Å². The van der Waals surface area contributed by atoms with Crippen LogP contribution in [0, 0.1) is 6.92 Å². The highest BCUT2D eigenvalue weighted by atomic mass is 32.2. The van der Waals surface area contributed by atoms with Gasteiger partial charge in [0.25, 0.3) is 0 Å². The minimum absolute atomic E-state index is 0.00856. The van der Waals surface area contributed by atoms with Crippen LogP contribution < -0.4 is 5.32 Å². The lowest BCUT2D eigenvalue weighted by Gasteiger charge is -2.24. The van der Waals surface area contributed by atoms with E-state index in [9.17, 15) is 4.79 Å².